The highest BCUT2D eigenvalue weighted by atomic mass is 35.5. The topological polar surface area (TPSA) is 102 Å². The van der Waals surface area contributed by atoms with Gasteiger partial charge < -0.3 is 9.64 Å². The first-order chi connectivity index (χ1) is 10.2. The summed E-state index contributed by atoms with van der Waals surface area (Å²) < 4.78 is 5.57. The minimum atomic E-state index is 0.143. The first-order valence-electron chi connectivity index (χ1n) is 6.50. The summed E-state index contributed by atoms with van der Waals surface area (Å²) in [7, 11) is 0. The Morgan fingerprint density at radius 3 is 2.71 bits per heavy atom. The maximum atomic E-state index is 5.87. The van der Waals surface area contributed by atoms with Crippen molar-refractivity contribution in [2.45, 2.75) is 12.8 Å². The molecular formula is C12H14ClN7O. The molecule has 0 aliphatic carbocycles. The second-order valence-corrected chi connectivity index (χ2v) is 4.96. The lowest BCUT2D eigenvalue weighted by Gasteiger charge is -2.16. The molecule has 9 heteroatoms. The monoisotopic (exact) mass is 307 g/mol. The van der Waals surface area contributed by atoms with Gasteiger partial charge in [0.2, 0.25) is 11.9 Å². The Kier molecular flexibility index (Phi) is 3.98. The average Bonchev–Trinajstić information content (AvgIpc) is 3.01. The van der Waals surface area contributed by atoms with E-state index in [4.69, 9.17) is 22.2 Å². The molecule has 0 unspecified atom stereocenters. The van der Waals surface area contributed by atoms with Crippen molar-refractivity contribution in [1.82, 2.24) is 19.9 Å². The van der Waals surface area contributed by atoms with E-state index >= 15 is 0 Å². The molecular weight excluding hydrogens is 294 g/mol. The summed E-state index contributed by atoms with van der Waals surface area (Å²) >= 11 is 5.87. The molecule has 0 atom stereocenters. The van der Waals surface area contributed by atoms with E-state index in [0.717, 1.165) is 25.9 Å². The van der Waals surface area contributed by atoms with Crippen molar-refractivity contribution in [3.63, 3.8) is 0 Å². The van der Waals surface area contributed by atoms with Gasteiger partial charge in [-0.1, -0.05) is 11.6 Å². The van der Waals surface area contributed by atoms with Gasteiger partial charge in [0.1, 0.15) is 0 Å². The minimum absolute atomic E-state index is 0.143. The second-order valence-electron chi connectivity index (χ2n) is 4.52. The number of pyridine rings is 1. The van der Waals surface area contributed by atoms with Crippen LogP contribution >= 0.6 is 11.6 Å². The predicted molar refractivity (Wildman–Crippen MR) is 78.4 cm³/mol. The fraction of sp³-hybridized carbons (Fsp3) is 0.333. The number of halogens is 1. The molecule has 0 saturated carbocycles. The van der Waals surface area contributed by atoms with Crippen LogP contribution in [0, 0.1) is 0 Å². The molecule has 2 aromatic rings. The first kappa shape index (κ1) is 13.8. The van der Waals surface area contributed by atoms with Gasteiger partial charge in [-0.3, -0.25) is 10.4 Å². The maximum Gasteiger partial charge on any atom is 0.328 e. The minimum Gasteiger partial charge on any atom is -0.422 e. The quantitative estimate of drug-likeness (QED) is 0.648. The van der Waals surface area contributed by atoms with Crippen molar-refractivity contribution in [2.75, 3.05) is 23.4 Å². The van der Waals surface area contributed by atoms with Gasteiger partial charge in [0.05, 0.1) is 11.2 Å². The van der Waals surface area contributed by atoms with Crippen LogP contribution in [0.2, 0.25) is 5.02 Å². The summed E-state index contributed by atoms with van der Waals surface area (Å²) in [5.74, 6) is 6.63. The lowest BCUT2D eigenvalue weighted by atomic mass is 10.4. The number of hydrogen-bond acceptors (Lipinski definition) is 8. The Labute approximate surface area is 126 Å². The summed E-state index contributed by atoms with van der Waals surface area (Å²) in [4.78, 5) is 18.6. The zero-order chi connectivity index (χ0) is 14.7. The molecule has 3 N–H and O–H groups in total. The van der Waals surface area contributed by atoms with Crippen LogP contribution in [0.4, 0.5) is 11.9 Å². The summed E-state index contributed by atoms with van der Waals surface area (Å²) in [6.45, 7) is 1.82. The Balaban J connectivity index is 1.88. The van der Waals surface area contributed by atoms with E-state index in [2.05, 4.69) is 30.3 Å². The Morgan fingerprint density at radius 1 is 1.19 bits per heavy atom. The number of nitrogens with one attached hydrogen (secondary N) is 1. The van der Waals surface area contributed by atoms with Crippen LogP contribution in [0.25, 0.3) is 0 Å². The number of ether oxygens (including phenoxy) is 1. The maximum absolute atomic E-state index is 5.87. The highest BCUT2D eigenvalue weighted by Crippen LogP contribution is 2.24. The fourth-order valence-electron chi connectivity index (χ4n) is 2.07. The molecule has 21 heavy (non-hydrogen) atoms. The van der Waals surface area contributed by atoms with Crippen LogP contribution in [0.1, 0.15) is 12.8 Å². The van der Waals surface area contributed by atoms with E-state index in [9.17, 15) is 0 Å². The molecule has 0 spiro atoms. The number of nitrogens with zero attached hydrogens (tertiary/aromatic N) is 5. The van der Waals surface area contributed by atoms with Crippen molar-refractivity contribution in [3.05, 3.63) is 23.5 Å². The van der Waals surface area contributed by atoms with Crippen molar-refractivity contribution in [3.8, 4) is 11.8 Å². The first-order valence-corrected chi connectivity index (χ1v) is 6.88. The molecule has 2 aromatic heterocycles. The summed E-state index contributed by atoms with van der Waals surface area (Å²) in [6.07, 6.45) is 5.28. The van der Waals surface area contributed by atoms with Gasteiger partial charge in [0, 0.05) is 25.4 Å². The average molecular weight is 308 g/mol. The van der Waals surface area contributed by atoms with Crippen LogP contribution in [-0.4, -0.2) is 33.0 Å². The standard InChI is InChI=1S/C12H14ClN7O/c13-8-5-9(7-15-6-8)21-12-17-10(19-14)16-11(18-12)20-3-1-2-4-20/h5-7H,1-4,14H2,(H,16,17,18,19). The van der Waals surface area contributed by atoms with Gasteiger partial charge in [0.25, 0.3) is 0 Å². The fourth-order valence-corrected chi connectivity index (χ4v) is 2.23. The molecule has 8 nitrogen and oxygen atoms in total. The smallest absolute Gasteiger partial charge is 0.328 e. The van der Waals surface area contributed by atoms with E-state index in [0.29, 0.717) is 16.7 Å². The molecule has 3 heterocycles. The van der Waals surface area contributed by atoms with Gasteiger partial charge in [-0.05, 0) is 12.8 Å². The number of hydrogen-bond donors (Lipinski definition) is 2. The van der Waals surface area contributed by atoms with Gasteiger partial charge in [0.15, 0.2) is 5.75 Å². The third-order valence-electron chi connectivity index (χ3n) is 3.01. The van der Waals surface area contributed by atoms with Crippen LogP contribution in [0.15, 0.2) is 18.5 Å². The largest absolute Gasteiger partial charge is 0.422 e. The van der Waals surface area contributed by atoms with Crippen molar-refractivity contribution in [1.29, 1.82) is 0 Å². The van der Waals surface area contributed by atoms with E-state index in [1.165, 1.54) is 12.4 Å². The third-order valence-corrected chi connectivity index (χ3v) is 3.22. The third kappa shape index (κ3) is 3.29. The zero-order valence-electron chi connectivity index (χ0n) is 11.2. The van der Waals surface area contributed by atoms with Crippen molar-refractivity contribution < 1.29 is 4.74 Å². The van der Waals surface area contributed by atoms with Gasteiger partial charge in [-0.25, -0.2) is 5.84 Å². The van der Waals surface area contributed by atoms with E-state index in [-0.39, 0.29) is 12.0 Å². The number of nitrogen functional groups attached to an aromatic ring is 1. The van der Waals surface area contributed by atoms with Crippen LogP contribution in [0.5, 0.6) is 11.8 Å². The molecule has 1 fully saturated rings. The zero-order valence-corrected chi connectivity index (χ0v) is 11.9. The number of rotatable bonds is 4. The summed E-state index contributed by atoms with van der Waals surface area (Å²) in [5, 5.41) is 0.471. The second kappa shape index (κ2) is 6.06. The summed E-state index contributed by atoms with van der Waals surface area (Å²) in [5.41, 5.74) is 2.42. The van der Waals surface area contributed by atoms with E-state index in [1.54, 1.807) is 6.07 Å². The number of aromatic nitrogens is 4. The number of hydrazine groups is 1. The molecule has 1 aliphatic rings. The SMILES string of the molecule is NNc1nc(Oc2cncc(Cl)c2)nc(N2CCCC2)n1. The predicted octanol–water partition coefficient (Wildman–Crippen LogP) is 1.60. The van der Waals surface area contributed by atoms with Gasteiger partial charge >= 0.3 is 6.01 Å². The Bertz CT molecular complexity index is 633. The van der Waals surface area contributed by atoms with E-state index in [1.807, 2.05) is 0 Å². The lowest BCUT2D eigenvalue weighted by molar-refractivity contribution is 0.438. The Morgan fingerprint density at radius 2 is 2.00 bits per heavy atom. The molecule has 3 rings (SSSR count). The van der Waals surface area contributed by atoms with Crippen molar-refractivity contribution in [2.24, 2.45) is 5.84 Å². The van der Waals surface area contributed by atoms with E-state index < -0.39 is 0 Å². The van der Waals surface area contributed by atoms with Gasteiger partial charge in [-0.2, -0.15) is 15.0 Å². The normalized spacial score (nSPS) is 14.3. The molecule has 1 saturated heterocycles. The number of nitrogens with two attached hydrogens (primary N) is 1. The van der Waals surface area contributed by atoms with Crippen molar-refractivity contribution >= 4 is 23.5 Å². The van der Waals surface area contributed by atoms with Crippen LogP contribution in [0.3, 0.4) is 0 Å². The molecule has 0 aromatic carbocycles. The number of anilines is 2. The lowest BCUT2D eigenvalue weighted by Crippen LogP contribution is -2.22. The molecule has 1 aliphatic heterocycles. The molecule has 110 valence electrons. The Hall–Kier alpha value is -2.19. The van der Waals surface area contributed by atoms with Crippen LogP contribution in [-0.2, 0) is 0 Å². The highest BCUT2D eigenvalue weighted by molar-refractivity contribution is 6.30. The van der Waals surface area contributed by atoms with Crippen LogP contribution < -0.4 is 20.9 Å². The highest BCUT2D eigenvalue weighted by Gasteiger charge is 2.18. The van der Waals surface area contributed by atoms with Gasteiger partial charge in [-0.15, -0.1) is 0 Å². The molecule has 0 amide bonds. The molecule has 0 bridgehead atoms. The molecule has 0 radical (unpaired) electrons. The summed E-state index contributed by atoms with van der Waals surface area (Å²) in [6, 6.07) is 1.77.